The van der Waals surface area contributed by atoms with Crippen LogP contribution in [0.25, 0.3) is 11.3 Å². The average Bonchev–Trinajstić information content (AvgIpc) is 3.14. The summed E-state index contributed by atoms with van der Waals surface area (Å²) in [6.45, 7) is 0. The number of nitro benzene ring substituents is 1. The summed E-state index contributed by atoms with van der Waals surface area (Å²) in [5, 5.41) is 16.7. The zero-order valence-corrected chi connectivity index (χ0v) is 15.2. The molecule has 0 aliphatic rings. The Kier molecular flexibility index (Phi) is 5.49. The van der Waals surface area contributed by atoms with Crippen LogP contribution >= 0.6 is 23.8 Å². The first-order valence-electron chi connectivity index (χ1n) is 7.65. The zero-order chi connectivity index (χ0) is 19.4. The monoisotopic (exact) mass is 401 g/mol. The summed E-state index contributed by atoms with van der Waals surface area (Å²) in [5.41, 5.74) is 0.973. The van der Waals surface area contributed by atoms with Crippen molar-refractivity contribution in [1.29, 1.82) is 0 Å². The van der Waals surface area contributed by atoms with Crippen LogP contribution in [0.15, 0.2) is 65.1 Å². The fraction of sp³-hybridized carbons (Fsp3) is 0. The molecule has 0 saturated heterocycles. The summed E-state index contributed by atoms with van der Waals surface area (Å²) in [5.74, 6) is -0.218. The maximum atomic E-state index is 12.3. The van der Waals surface area contributed by atoms with E-state index in [0.717, 1.165) is 0 Å². The van der Waals surface area contributed by atoms with Gasteiger partial charge in [-0.1, -0.05) is 35.9 Å². The number of hydrogen-bond acceptors (Lipinski definition) is 5. The van der Waals surface area contributed by atoms with Crippen LogP contribution in [0.4, 0.5) is 11.4 Å². The molecule has 1 amide bonds. The van der Waals surface area contributed by atoms with E-state index in [4.69, 9.17) is 28.2 Å². The number of nitrogens with zero attached hydrogens (tertiary/aromatic N) is 1. The largest absolute Gasteiger partial charge is 0.451 e. The van der Waals surface area contributed by atoms with E-state index in [1.54, 1.807) is 42.5 Å². The second kappa shape index (κ2) is 7.98. The topological polar surface area (TPSA) is 97.4 Å². The smallest absolute Gasteiger partial charge is 0.293 e. The normalized spacial score (nSPS) is 10.3. The van der Waals surface area contributed by atoms with Gasteiger partial charge >= 0.3 is 0 Å². The number of furan rings is 1. The van der Waals surface area contributed by atoms with E-state index < -0.39 is 10.8 Å². The van der Waals surface area contributed by atoms with Gasteiger partial charge in [0.25, 0.3) is 11.6 Å². The molecule has 0 radical (unpaired) electrons. The SMILES string of the molecule is O=C(NC(=S)Nc1ccccc1Cl)c1ccc(-c2cccc([N+](=O)[O-])c2)o1. The van der Waals surface area contributed by atoms with Crippen molar-refractivity contribution >= 4 is 46.2 Å². The maximum absolute atomic E-state index is 12.3. The highest BCUT2D eigenvalue weighted by molar-refractivity contribution is 7.80. The van der Waals surface area contributed by atoms with Gasteiger partial charge < -0.3 is 9.73 Å². The first kappa shape index (κ1) is 18.6. The number of non-ortho nitro benzene ring substituents is 1. The van der Waals surface area contributed by atoms with Gasteiger partial charge in [-0.25, -0.2) is 0 Å². The van der Waals surface area contributed by atoms with Crippen LogP contribution in [0.1, 0.15) is 10.6 Å². The number of thiocarbonyl (C=S) groups is 1. The number of nitro groups is 1. The molecule has 0 bridgehead atoms. The summed E-state index contributed by atoms with van der Waals surface area (Å²) in [6, 6.07) is 15.9. The standard InChI is InChI=1S/C18H12ClN3O4S/c19-13-6-1-2-7-14(13)20-18(27)21-17(23)16-9-8-15(26-16)11-4-3-5-12(10-11)22(24)25/h1-10H,(H2,20,21,23,27). The van der Waals surface area contributed by atoms with Crippen molar-refractivity contribution in [3.63, 3.8) is 0 Å². The molecule has 0 saturated carbocycles. The molecule has 0 fully saturated rings. The zero-order valence-electron chi connectivity index (χ0n) is 13.6. The van der Waals surface area contributed by atoms with Gasteiger partial charge in [0.2, 0.25) is 0 Å². The van der Waals surface area contributed by atoms with E-state index in [-0.39, 0.29) is 16.6 Å². The molecule has 0 spiro atoms. The number of halogens is 1. The molecule has 7 nitrogen and oxygen atoms in total. The predicted octanol–water partition coefficient (Wildman–Crippen LogP) is 4.64. The number of rotatable bonds is 4. The van der Waals surface area contributed by atoms with Crippen LogP contribution in [-0.2, 0) is 0 Å². The third-order valence-electron chi connectivity index (χ3n) is 3.52. The van der Waals surface area contributed by atoms with Crippen LogP contribution in [0, 0.1) is 10.1 Å². The summed E-state index contributed by atoms with van der Waals surface area (Å²) < 4.78 is 5.49. The summed E-state index contributed by atoms with van der Waals surface area (Å²) in [7, 11) is 0. The van der Waals surface area contributed by atoms with Crippen molar-refractivity contribution < 1.29 is 14.1 Å². The van der Waals surface area contributed by atoms with Crippen LogP contribution in [0.5, 0.6) is 0 Å². The second-order valence-electron chi connectivity index (χ2n) is 5.36. The van der Waals surface area contributed by atoms with Crippen molar-refractivity contribution in [3.05, 3.63) is 81.6 Å². The van der Waals surface area contributed by atoms with E-state index >= 15 is 0 Å². The molecule has 3 aromatic rings. The minimum Gasteiger partial charge on any atom is -0.451 e. The van der Waals surface area contributed by atoms with Gasteiger partial charge in [-0.3, -0.25) is 20.2 Å². The lowest BCUT2D eigenvalue weighted by atomic mass is 10.1. The first-order valence-corrected chi connectivity index (χ1v) is 8.44. The van der Waals surface area contributed by atoms with Gasteiger partial charge in [0, 0.05) is 17.7 Å². The van der Waals surface area contributed by atoms with Crippen LogP contribution in [-0.4, -0.2) is 15.9 Å². The van der Waals surface area contributed by atoms with E-state index in [0.29, 0.717) is 22.0 Å². The number of nitrogens with one attached hydrogen (secondary N) is 2. The van der Waals surface area contributed by atoms with Crippen LogP contribution in [0.2, 0.25) is 5.02 Å². The minimum absolute atomic E-state index is 0.0137. The Labute approximate surface area is 164 Å². The molecule has 1 aromatic heterocycles. The molecule has 0 atom stereocenters. The molecular formula is C18H12ClN3O4S. The lowest BCUT2D eigenvalue weighted by molar-refractivity contribution is -0.384. The lowest BCUT2D eigenvalue weighted by Crippen LogP contribution is -2.33. The number of benzene rings is 2. The average molecular weight is 402 g/mol. The van der Waals surface area contributed by atoms with Crippen molar-refractivity contribution in [2.45, 2.75) is 0 Å². The fourth-order valence-corrected chi connectivity index (χ4v) is 2.65. The van der Waals surface area contributed by atoms with Gasteiger partial charge in [0.05, 0.1) is 15.6 Å². The number of carbonyl (C=O) groups is 1. The summed E-state index contributed by atoms with van der Waals surface area (Å²) in [4.78, 5) is 22.6. The Morgan fingerprint density at radius 1 is 1.11 bits per heavy atom. The number of amides is 1. The molecule has 0 aliphatic heterocycles. The van der Waals surface area contributed by atoms with Crippen molar-refractivity contribution in [3.8, 4) is 11.3 Å². The van der Waals surface area contributed by atoms with Gasteiger partial charge in [0.15, 0.2) is 10.9 Å². The Morgan fingerprint density at radius 2 is 1.89 bits per heavy atom. The third kappa shape index (κ3) is 4.49. The predicted molar refractivity (Wildman–Crippen MR) is 106 cm³/mol. The van der Waals surface area contributed by atoms with Crippen molar-refractivity contribution in [2.24, 2.45) is 0 Å². The molecule has 9 heteroatoms. The molecule has 3 rings (SSSR count). The highest BCUT2D eigenvalue weighted by atomic mass is 35.5. The molecule has 0 unspecified atom stereocenters. The molecule has 2 aromatic carbocycles. The Balaban J connectivity index is 1.70. The number of carbonyl (C=O) groups excluding carboxylic acids is 1. The lowest BCUT2D eigenvalue weighted by Gasteiger charge is -2.09. The van der Waals surface area contributed by atoms with E-state index in [1.807, 2.05) is 0 Å². The molecule has 27 heavy (non-hydrogen) atoms. The van der Waals surface area contributed by atoms with Crippen LogP contribution in [0.3, 0.4) is 0 Å². The minimum atomic E-state index is -0.559. The Morgan fingerprint density at radius 3 is 2.63 bits per heavy atom. The first-order chi connectivity index (χ1) is 12.9. The maximum Gasteiger partial charge on any atom is 0.293 e. The molecular weight excluding hydrogens is 390 g/mol. The summed E-state index contributed by atoms with van der Waals surface area (Å²) in [6.07, 6.45) is 0. The van der Waals surface area contributed by atoms with E-state index in [9.17, 15) is 14.9 Å². The second-order valence-corrected chi connectivity index (χ2v) is 6.17. The third-order valence-corrected chi connectivity index (χ3v) is 4.05. The number of anilines is 1. The van der Waals surface area contributed by atoms with Crippen LogP contribution < -0.4 is 10.6 Å². The molecule has 2 N–H and O–H groups in total. The van der Waals surface area contributed by atoms with Gasteiger partial charge in [0.1, 0.15) is 5.76 Å². The number of para-hydroxylation sites is 1. The van der Waals surface area contributed by atoms with Crippen molar-refractivity contribution in [2.75, 3.05) is 5.32 Å². The highest BCUT2D eigenvalue weighted by Gasteiger charge is 2.15. The van der Waals surface area contributed by atoms with Gasteiger partial charge in [-0.15, -0.1) is 0 Å². The highest BCUT2D eigenvalue weighted by Crippen LogP contribution is 2.26. The summed E-state index contributed by atoms with van der Waals surface area (Å²) >= 11 is 11.1. The van der Waals surface area contributed by atoms with E-state index in [2.05, 4.69) is 10.6 Å². The fourth-order valence-electron chi connectivity index (χ4n) is 2.27. The molecule has 0 aliphatic carbocycles. The van der Waals surface area contributed by atoms with E-state index in [1.165, 1.54) is 18.2 Å². The number of hydrogen-bond donors (Lipinski definition) is 2. The molecule has 1 heterocycles. The van der Waals surface area contributed by atoms with Gasteiger partial charge in [-0.05, 0) is 36.5 Å². The molecule has 136 valence electrons. The van der Waals surface area contributed by atoms with Gasteiger partial charge in [-0.2, -0.15) is 0 Å². The Bertz CT molecular complexity index is 1030. The van der Waals surface area contributed by atoms with Crippen molar-refractivity contribution in [1.82, 2.24) is 5.32 Å². The Hall–Kier alpha value is -3.23. The quantitative estimate of drug-likeness (QED) is 0.375.